The van der Waals surface area contributed by atoms with Crippen LogP contribution in [0, 0.1) is 11.8 Å². The fraction of sp³-hybridized carbons (Fsp3) is 1.00. The Kier molecular flexibility index (Phi) is 3.16. The van der Waals surface area contributed by atoms with Crippen LogP contribution < -0.4 is 11.5 Å². The van der Waals surface area contributed by atoms with E-state index in [9.17, 15) is 0 Å². The molecule has 1 rings (SSSR count). The molecular formula is C8H18N2. The van der Waals surface area contributed by atoms with Crippen LogP contribution in [0.25, 0.3) is 0 Å². The molecule has 1 saturated carbocycles. The fourth-order valence-electron chi connectivity index (χ4n) is 1.83. The van der Waals surface area contributed by atoms with E-state index in [-0.39, 0.29) is 0 Å². The maximum Gasteiger partial charge on any atom is -0.00488 e. The van der Waals surface area contributed by atoms with Gasteiger partial charge in [0.05, 0.1) is 0 Å². The zero-order valence-electron chi connectivity index (χ0n) is 6.55. The third kappa shape index (κ3) is 1.96. The molecule has 0 aliphatic heterocycles. The van der Waals surface area contributed by atoms with Crippen molar-refractivity contribution in [3.05, 3.63) is 0 Å². The number of hydrogen-bond acceptors (Lipinski definition) is 2. The van der Waals surface area contributed by atoms with Crippen molar-refractivity contribution in [1.82, 2.24) is 0 Å². The van der Waals surface area contributed by atoms with Gasteiger partial charge in [-0.1, -0.05) is 6.42 Å². The third-order valence-corrected chi connectivity index (χ3v) is 2.56. The highest BCUT2D eigenvalue weighted by Crippen LogP contribution is 2.27. The first kappa shape index (κ1) is 8.02. The second-order valence-corrected chi connectivity index (χ2v) is 3.37. The molecule has 0 heterocycles. The summed E-state index contributed by atoms with van der Waals surface area (Å²) in [6.07, 6.45) is 5.26. The minimum Gasteiger partial charge on any atom is -0.330 e. The van der Waals surface area contributed by atoms with Crippen molar-refractivity contribution >= 4 is 0 Å². The lowest BCUT2D eigenvalue weighted by atomic mass is 9.81. The van der Waals surface area contributed by atoms with Crippen molar-refractivity contribution in [3.8, 4) is 0 Å². The van der Waals surface area contributed by atoms with Gasteiger partial charge in [0.25, 0.3) is 0 Å². The number of rotatable bonds is 2. The first-order chi connectivity index (χ1) is 4.86. The Hall–Kier alpha value is -0.0800. The predicted molar refractivity (Wildman–Crippen MR) is 43.6 cm³/mol. The van der Waals surface area contributed by atoms with Crippen LogP contribution in [0.3, 0.4) is 0 Å². The van der Waals surface area contributed by atoms with Crippen LogP contribution in [0.5, 0.6) is 0 Å². The van der Waals surface area contributed by atoms with E-state index < -0.39 is 0 Å². The van der Waals surface area contributed by atoms with E-state index in [1.54, 1.807) is 0 Å². The smallest absolute Gasteiger partial charge is 0.00488 e. The van der Waals surface area contributed by atoms with Gasteiger partial charge in [0.1, 0.15) is 0 Å². The molecule has 1 aliphatic rings. The van der Waals surface area contributed by atoms with Crippen molar-refractivity contribution in [3.63, 3.8) is 0 Å². The van der Waals surface area contributed by atoms with Gasteiger partial charge in [-0.15, -0.1) is 0 Å². The molecule has 1 aliphatic carbocycles. The maximum atomic E-state index is 5.58. The van der Waals surface area contributed by atoms with Crippen LogP contribution in [0.15, 0.2) is 0 Å². The standard InChI is InChI=1S/C8H18N2/c9-5-7-2-1-3-8(4-7)6-10/h7-8H,1-6,9-10H2/t7-,8+. The first-order valence-corrected chi connectivity index (χ1v) is 4.27. The molecule has 2 nitrogen and oxygen atoms in total. The van der Waals surface area contributed by atoms with Crippen LogP contribution in [-0.2, 0) is 0 Å². The molecule has 0 amide bonds. The number of hydrogen-bond donors (Lipinski definition) is 2. The van der Waals surface area contributed by atoms with E-state index in [0.29, 0.717) is 0 Å². The van der Waals surface area contributed by atoms with Crippen LogP contribution in [0.2, 0.25) is 0 Å². The van der Waals surface area contributed by atoms with Gasteiger partial charge in [-0.2, -0.15) is 0 Å². The second kappa shape index (κ2) is 3.94. The van der Waals surface area contributed by atoms with E-state index in [2.05, 4.69) is 0 Å². The maximum absolute atomic E-state index is 5.58. The van der Waals surface area contributed by atoms with Gasteiger partial charge in [-0.25, -0.2) is 0 Å². The highest BCUT2D eigenvalue weighted by atomic mass is 14.6. The van der Waals surface area contributed by atoms with Crippen molar-refractivity contribution in [2.24, 2.45) is 23.3 Å². The summed E-state index contributed by atoms with van der Waals surface area (Å²) in [5, 5.41) is 0. The average molecular weight is 142 g/mol. The fourth-order valence-corrected chi connectivity index (χ4v) is 1.83. The molecule has 0 aromatic heterocycles. The molecule has 0 radical (unpaired) electrons. The molecule has 1 fully saturated rings. The molecule has 4 N–H and O–H groups in total. The van der Waals surface area contributed by atoms with Crippen molar-refractivity contribution < 1.29 is 0 Å². The normalized spacial score (nSPS) is 34.2. The molecular weight excluding hydrogens is 124 g/mol. The zero-order valence-corrected chi connectivity index (χ0v) is 6.55. The summed E-state index contributed by atoms with van der Waals surface area (Å²) in [4.78, 5) is 0. The Balaban J connectivity index is 2.25. The first-order valence-electron chi connectivity index (χ1n) is 4.27. The summed E-state index contributed by atoms with van der Waals surface area (Å²) in [6.45, 7) is 1.72. The molecule has 10 heavy (non-hydrogen) atoms. The van der Waals surface area contributed by atoms with Crippen LogP contribution in [-0.4, -0.2) is 13.1 Å². The highest BCUT2D eigenvalue weighted by molar-refractivity contribution is 4.73. The van der Waals surface area contributed by atoms with Crippen molar-refractivity contribution in [2.75, 3.05) is 13.1 Å². The Morgan fingerprint density at radius 2 is 1.50 bits per heavy atom. The number of nitrogens with two attached hydrogens (primary N) is 2. The summed E-state index contributed by atoms with van der Waals surface area (Å²) in [6, 6.07) is 0. The van der Waals surface area contributed by atoms with Crippen LogP contribution in [0.1, 0.15) is 25.7 Å². The molecule has 0 bridgehead atoms. The topological polar surface area (TPSA) is 52.0 Å². The van der Waals surface area contributed by atoms with Crippen LogP contribution in [0.4, 0.5) is 0 Å². The molecule has 2 heteroatoms. The van der Waals surface area contributed by atoms with Crippen molar-refractivity contribution in [1.29, 1.82) is 0 Å². The molecule has 0 aromatic rings. The summed E-state index contributed by atoms with van der Waals surface area (Å²) < 4.78 is 0. The minimum absolute atomic E-state index is 0.766. The quantitative estimate of drug-likeness (QED) is 0.596. The molecule has 0 unspecified atom stereocenters. The van der Waals surface area contributed by atoms with E-state index >= 15 is 0 Å². The van der Waals surface area contributed by atoms with E-state index in [0.717, 1.165) is 24.9 Å². The van der Waals surface area contributed by atoms with Gasteiger partial charge in [-0.3, -0.25) is 0 Å². The Labute approximate surface area is 63.0 Å². The van der Waals surface area contributed by atoms with Gasteiger partial charge in [-0.05, 0) is 44.2 Å². The van der Waals surface area contributed by atoms with Gasteiger partial charge < -0.3 is 11.5 Å². The Morgan fingerprint density at radius 1 is 1.00 bits per heavy atom. The molecule has 0 spiro atoms. The van der Waals surface area contributed by atoms with Gasteiger partial charge in [0, 0.05) is 0 Å². The summed E-state index contributed by atoms with van der Waals surface area (Å²) >= 11 is 0. The largest absolute Gasteiger partial charge is 0.330 e. The molecule has 2 atom stereocenters. The molecule has 60 valence electrons. The lowest BCUT2D eigenvalue weighted by molar-refractivity contribution is 0.277. The summed E-state index contributed by atoms with van der Waals surface area (Å²) in [7, 11) is 0. The van der Waals surface area contributed by atoms with Gasteiger partial charge in [0.15, 0.2) is 0 Å². The van der Waals surface area contributed by atoms with E-state index in [4.69, 9.17) is 11.5 Å². The highest BCUT2D eigenvalue weighted by Gasteiger charge is 2.19. The monoisotopic (exact) mass is 142 g/mol. The van der Waals surface area contributed by atoms with Crippen LogP contribution >= 0.6 is 0 Å². The molecule has 0 aromatic carbocycles. The van der Waals surface area contributed by atoms with Crippen molar-refractivity contribution in [2.45, 2.75) is 25.7 Å². The Bertz CT molecular complexity index is 83.3. The van der Waals surface area contributed by atoms with E-state index in [1.165, 1.54) is 25.7 Å². The van der Waals surface area contributed by atoms with Gasteiger partial charge >= 0.3 is 0 Å². The summed E-state index contributed by atoms with van der Waals surface area (Å²) in [5.41, 5.74) is 11.2. The Morgan fingerprint density at radius 3 is 1.90 bits per heavy atom. The predicted octanol–water partition coefficient (Wildman–Crippen LogP) is 0.710. The zero-order chi connectivity index (χ0) is 7.40. The SMILES string of the molecule is NC[C@@H]1CCC[C@H](CN)C1. The van der Waals surface area contributed by atoms with Gasteiger partial charge in [0.2, 0.25) is 0 Å². The summed E-state index contributed by atoms with van der Waals surface area (Å²) in [5.74, 6) is 1.53. The third-order valence-electron chi connectivity index (χ3n) is 2.56. The lowest BCUT2D eigenvalue weighted by Gasteiger charge is -2.26. The lowest BCUT2D eigenvalue weighted by Crippen LogP contribution is -2.26. The van der Waals surface area contributed by atoms with E-state index in [1.807, 2.05) is 0 Å². The minimum atomic E-state index is 0.766. The second-order valence-electron chi connectivity index (χ2n) is 3.37. The molecule has 0 saturated heterocycles. The average Bonchev–Trinajstić information content (AvgIpc) is 2.05.